The number of nitrogens with two attached hydrogens (primary N) is 1. The van der Waals surface area contributed by atoms with Crippen LogP contribution in [0.2, 0.25) is 0 Å². The molecule has 1 aromatic carbocycles. The second-order valence-electron chi connectivity index (χ2n) is 2.28. The number of nitrogen functional groups attached to an aromatic ring is 1. The molecule has 2 aromatic rings. The van der Waals surface area contributed by atoms with E-state index in [1.165, 1.54) is 5.39 Å². The van der Waals surface area contributed by atoms with Crippen LogP contribution < -0.4 is 5.84 Å². The lowest BCUT2D eigenvalue weighted by molar-refractivity contribution is 1.07. The van der Waals surface area contributed by atoms with E-state index < -0.39 is 0 Å². The number of nitrogens with zero attached hydrogens (tertiary/aromatic N) is 1. The van der Waals surface area contributed by atoms with Crippen LogP contribution in [0, 0.1) is 0 Å². The fraction of sp³-hybridized carbons (Fsp3) is 0. The second-order valence-corrected chi connectivity index (χ2v) is 2.28. The highest BCUT2D eigenvalue weighted by molar-refractivity contribution is 5.79. The predicted octanol–water partition coefficient (Wildman–Crippen LogP) is 1.47. The van der Waals surface area contributed by atoms with Crippen molar-refractivity contribution in [2.24, 2.45) is 0 Å². The highest BCUT2D eigenvalue weighted by Gasteiger charge is 1.92. The summed E-state index contributed by atoms with van der Waals surface area (Å²) in [7, 11) is 0. The lowest BCUT2D eigenvalue weighted by Gasteiger charge is -1.92. The van der Waals surface area contributed by atoms with E-state index in [0.717, 1.165) is 5.52 Å². The molecule has 2 heteroatoms. The molecule has 50 valence electrons. The largest absolute Gasteiger partial charge is 1.00 e. The van der Waals surface area contributed by atoms with Crippen molar-refractivity contribution in [3.05, 3.63) is 36.5 Å². The molecule has 0 aliphatic rings. The number of para-hydroxylation sites is 1. The molecule has 0 amide bonds. The first-order chi connectivity index (χ1) is 4.88. The molecular weight excluding hydrogens is 124 g/mol. The van der Waals surface area contributed by atoms with E-state index in [2.05, 4.69) is 0 Å². The molecule has 2 nitrogen and oxygen atoms in total. The topological polar surface area (TPSA) is 30.9 Å². The smallest absolute Gasteiger partial charge is 0.339 e. The Morgan fingerprint density at radius 3 is 2.80 bits per heavy atom. The minimum atomic E-state index is 0. The van der Waals surface area contributed by atoms with Gasteiger partial charge in [-0.3, -0.25) is 4.68 Å². The summed E-state index contributed by atoms with van der Waals surface area (Å²) in [6.07, 6.45) is 1.85. The summed E-state index contributed by atoms with van der Waals surface area (Å²) in [5.41, 5.74) is 1.07. The molecule has 0 radical (unpaired) electrons. The molecule has 0 aliphatic carbocycles. The zero-order valence-electron chi connectivity index (χ0n) is 6.49. The van der Waals surface area contributed by atoms with Crippen LogP contribution in [0.5, 0.6) is 0 Å². The van der Waals surface area contributed by atoms with Gasteiger partial charge in [0, 0.05) is 11.6 Å². The average molecular weight is 133 g/mol. The number of rotatable bonds is 0. The highest BCUT2D eigenvalue weighted by atomic mass is 15.3. The summed E-state index contributed by atoms with van der Waals surface area (Å²) in [5, 5.41) is 1.19. The normalized spacial score (nSPS) is 10.4. The maximum atomic E-state index is 5.59. The molecule has 10 heavy (non-hydrogen) atoms. The van der Waals surface area contributed by atoms with E-state index >= 15 is 0 Å². The molecular formula is C8H9N2+. The van der Waals surface area contributed by atoms with Gasteiger partial charge in [0.1, 0.15) is 0 Å². The Labute approximate surface area is 60.3 Å². The van der Waals surface area contributed by atoms with Gasteiger partial charge in [-0.1, -0.05) is 18.2 Å². The van der Waals surface area contributed by atoms with Crippen molar-refractivity contribution in [2.75, 3.05) is 5.84 Å². The van der Waals surface area contributed by atoms with Gasteiger partial charge in [0.25, 0.3) is 0 Å². The SMILES string of the molecule is Nn1ccc2ccccc21.[H+]. The zero-order valence-corrected chi connectivity index (χ0v) is 5.49. The molecule has 2 N–H and O–H groups in total. The number of aromatic nitrogens is 1. The number of hydrogen-bond donors (Lipinski definition) is 1. The van der Waals surface area contributed by atoms with Crippen LogP contribution in [-0.4, -0.2) is 4.68 Å². The van der Waals surface area contributed by atoms with Crippen molar-refractivity contribution in [3.63, 3.8) is 0 Å². The third-order valence-electron chi connectivity index (χ3n) is 1.63. The van der Waals surface area contributed by atoms with E-state index in [1.54, 1.807) is 4.68 Å². The Balaban J connectivity index is 0.000000605. The summed E-state index contributed by atoms with van der Waals surface area (Å²) >= 11 is 0. The monoisotopic (exact) mass is 133 g/mol. The lowest BCUT2D eigenvalue weighted by atomic mass is 10.3. The van der Waals surface area contributed by atoms with Gasteiger partial charge in [-0.15, -0.1) is 0 Å². The zero-order chi connectivity index (χ0) is 6.97. The van der Waals surface area contributed by atoms with Crippen molar-refractivity contribution in [1.82, 2.24) is 4.68 Å². The van der Waals surface area contributed by atoms with Gasteiger partial charge < -0.3 is 5.84 Å². The Bertz CT molecular complexity index is 354. The summed E-state index contributed by atoms with van der Waals surface area (Å²) in [6, 6.07) is 10.0. The van der Waals surface area contributed by atoms with Crippen molar-refractivity contribution in [3.8, 4) is 0 Å². The van der Waals surface area contributed by atoms with E-state index in [4.69, 9.17) is 5.84 Å². The van der Waals surface area contributed by atoms with Gasteiger partial charge in [-0.05, 0) is 12.1 Å². The quantitative estimate of drug-likeness (QED) is 0.542. The molecule has 0 saturated heterocycles. The van der Waals surface area contributed by atoms with Crippen LogP contribution in [0.15, 0.2) is 36.5 Å². The molecule has 2 rings (SSSR count). The van der Waals surface area contributed by atoms with Gasteiger partial charge in [-0.2, -0.15) is 0 Å². The summed E-state index contributed by atoms with van der Waals surface area (Å²) in [6.45, 7) is 0. The molecule has 0 unspecified atom stereocenters. The van der Waals surface area contributed by atoms with E-state index in [9.17, 15) is 0 Å². The Kier molecular flexibility index (Phi) is 0.947. The standard InChI is InChI=1S/C8H8N2/c9-10-6-5-7-3-1-2-4-8(7)10/h1-6H,9H2/p+1. The average Bonchev–Trinajstić information content (AvgIpc) is 2.34. The van der Waals surface area contributed by atoms with Crippen molar-refractivity contribution in [2.45, 2.75) is 0 Å². The van der Waals surface area contributed by atoms with Crippen molar-refractivity contribution < 1.29 is 1.43 Å². The molecule has 1 heterocycles. The van der Waals surface area contributed by atoms with Crippen LogP contribution in [0.1, 0.15) is 1.43 Å². The van der Waals surface area contributed by atoms with Gasteiger partial charge in [0.05, 0.1) is 5.52 Å². The third-order valence-corrected chi connectivity index (χ3v) is 1.63. The molecule has 0 aliphatic heterocycles. The predicted molar refractivity (Wildman–Crippen MR) is 43.2 cm³/mol. The first-order valence-corrected chi connectivity index (χ1v) is 3.19. The highest BCUT2D eigenvalue weighted by Crippen LogP contribution is 2.11. The number of benzene rings is 1. The van der Waals surface area contributed by atoms with Crippen LogP contribution in [-0.2, 0) is 0 Å². The third kappa shape index (κ3) is 0.589. The van der Waals surface area contributed by atoms with Gasteiger partial charge in [-0.25, -0.2) is 0 Å². The molecule has 0 bridgehead atoms. The van der Waals surface area contributed by atoms with Gasteiger partial charge >= 0.3 is 1.43 Å². The van der Waals surface area contributed by atoms with Crippen LogP contribution in [0.4, 0.5) is 0 Å². The summed E-state index contributed by atoms with van der Waals surface area (Å²) in [5.74, 6) is 5.59. The summed E-state index contributed by atoms with van der Waals surface area (Å²) < 4.78 is 1.62. The number of fused-ring (bicyclic) bond motifs is 1. The molecule has 0 spiro atoms. The van der Waals surface area contributed by atoms with E-state index in [-0.39, 0.29) is 1.43 Å². The summed E-state index contributed by atoms with van der Waals surface area (Å²) in [4.78, 5) is 0. The van der Waals surface area contributed by atoms with Crippen LogP contribution in [0.25, 0.3) is 10.9 Å². The minimum Gasteiger partial charge on any atom is -0.339 e. The molecule has 1 aromatic heterocycles. The maximum absolute atomic E-state index is 5.59. The number of hydrogen-bond acceptors (Lipinski definition) is 1. The lowest BCUT2D eigenvalue weighted by Crippen LogP contribution is -2.04. The van der Waals surface area contributed by atoms with Crippen molar-refractivity contribution >= 4 is 10.9 Å². The minimum absolute atomic E-state index is 0. The maximum Gasteiger partial charge on any atom is 1.00 e. The molecule has 0 atom stereocenters. The molecule has 0 saturated carbocycles. The Hall–Kier alpha value is -1.44. The van der Waals surface area contributed by atoms with Crippen LogP contribution in [0.3, 0.4) is 0 Å². The van der Waals surface area contributed by atoms with Crippen LogP contribution >= 0.6 is 0 Å². The Morgan fingerprint density at radius 2 is 2.00 bits per heavy atom. The van der Waals surface area contributed by atoms with Crippen molar-refractivity contribution in [1.29, 1.82) is 0 Å². The molecule has 0 fully saturated rings. The first kappa shape index (κ1) is 5.35. The second kappa shape index (κ2) is 1.77. The first-order valence-electron chi connectivity index (χ1n) is 3.19. The fourth-order valence-corrected chi connectivity index (χ4v) is 1.10. The van der Waals surface area contributed by atoms with Gasteiger partial charge in [0.15, 0.2) is 0 Å². The Morgan fingerprint density at radius 1 is 1.20 bits per heavy atom. The fourth-order valence-electron chi connectivity index (χ4n) is 1.10. The van der Waals surface area contributed by atoms with E-state index in [0.29, 0.717) is 0 Å². The van der Waals surface area contributed by atoms with E-state index in [1.807, 2.05) is 36.5 Å². The van der Waals surface area contributed by atoms with Gasteiger partial charge in [0.2, 0.25) is 0 Å².